The number of rotatable bonds is 8. The topological polar surface area (TPSA) is 68.5 Å². The Morgan fingerprint density at radius 2 is 1.75 bits per heavy atom. The molecule has 0 spiro atoms. The van der Waals surface area contributed by atoms with Crippen molar-refractivity contribution in [3.05, 3.63) is 65.0 Å². The maximum Gasteiger partial charge on any atom is 0.173 e. The molecule has 1 aliphatic heterocycles. The van der Waals surface area contributed by atoms with Crippen molar-refractivity contribution in [2.45, 2.75) is 26.4 Å². The van der Waals surface area contributed by atoms with Gasteiger partial charge in [0.25, 0.3) is 0 Å². The molecule has 1 aromatic heterocycles. The fourth-order valence-corrected chi connectivity index (χ4v) is 4.44. The van der Waals surface area contributed by atoms with Gasteiger partial charge in [-0.3, -0.25) is 4.90 Å². The lowest BCUT2D eigenvalue weighted by Crippen LogP contribution is -2.48. The van der Waals surface area contributed by atoms with Gasteiger partial charge in [0.05, 0.1) is 20.3 Å². The lowest BCUT2D eigenvalue weighted by molar-refractivity contribution is 0.171. The fraction of sp³-hybridized carbons (Fsp3) is 0.458. The van der Waals surface area contributed by atoms with E-state index in [0.29, 0.717) is 13.2 Å². The molecule has 3 aromatic rings. The predicted octanol–water partition coefficient (Wildman–Crippen LogP) is 2.86. The van der Waals surface area contributed by atoms with Gasteiger partial charge < -0.3 is 14.4 Å². The zero-order valence-corrected chi connectivity index (χ0v) is 19.4. The molecule has 2 aromatic carbocycles. The number of benzene rings is 2. The van der Waals surface area contributed by atoms with Crippen molar-refractivity contribution < 1.29 is 9.47 Å². The second-order valence-corrected chi connectivity index (χ2v) is 8.14. The zero-order chi connectivity index (χ0) is 22.5. The predicted molar refractivity (Wildman–Crippen MR) is 124 cm³/mol. The van der Waals surface area contributed by atoms with E-state index in [1.54, 1.807) is 14.2 Å². The summed E-state index contributed by atoms with van der Waals surface area (Å²) in [4.78, 5) is 4.93. The average molecular weight is 437 g/mol. The van der Waals surface area contributed by atoms with Crippen LogP contribution in [0.3, 0.4) is 0 Å². The minimum Gasteiger partial charge on any atom is -0.496 e. The highest BCUT2D eigenvalue weighted by atomic mass is 16.5. The lowest BCUT2D eigenvalue weighted by atomic mass is 10.0. The molecule has 0 amide bonds. The third kappa shape index (κ3) is 4.47. The van der Waals surface area contributed by atoms with Crippen molar-refractivity contribution in [1.29, 1.82) is 0 Å². The first-order chi connectivity index (χ1) is 15.6. The van der Waals surface area contributed by atoms with Gasteiger partial charge in [-0.25, -0.2) is 4.68 Å². The van der Waals surface area contributed by atoms with Crippen molar-refractivity contribution in [1.82, 2.24) is 25.1 Å². The number of aromatic nitrogens is 4. The molecule has 4 rings (SSSR count). The summed E-state index contributed by atoms with van der Waals surface area (Å²) in [6.45, 7) is 9.21. The van der Waals surface area contributed by atoms with Crippen molar-refractivity contribution in [2.75, 3.05) is 51.9 Å². The Bertz CT molecular complexity index is 1030. The summed E-state index contributed by atoms with van der Waals surface area (Å²) in [5.41, 5.74) is 5.08. The molecular formula is C24H32N6O2. The number of hydrogen-bond donors (Lipinski definition) is 0. The van der Waals surface area contributed by atoms with E-state index in [9.17, 15) is 0 Å². The summed E-state index contributed by atoms with van der Waals surface area (Å²) in [7, 11) is 3.40. The van der Waals surface area contributed by atoms with Gasteiger partial charge in [0, 0.05) is 44.5 Å². The molecule has 1 aliphatic rings. The van der Waals surface area contributed by atoms with Crippen molar-refractivity contribution >= 4 is 5.69 Å². The van der Waals surface area contributed by atoms with Gasteiger partial charge in [0.15, 0.2) is 5.82 Å². The van der Waals surface area contributed by atoms with Crippen LogP contribution in [0.5, 0.6) is 5.75 Å². The van der Waals surface area contributed by atoms with Crippen LogP contribution in [0, 0.1) is 13.8 Å². The monoisotopic (exact) mass is 436 g/mol. The molecule has 2 heterocycles. The van der Waals surface area contributed by atoms with Crippen molar-refractivity contribution in [3.8, 4) is 5.75 Å². The van der Waals surface area contributed by atoms with E-state index in [2.05, 4.69) is 63.4 Å². The van der Waals surface area contributed by atoms with Crippen LogP contribution in [0.1, 0.15) is 28.6 Å². The maximum absolute atomic E-state index is 5.72. The molecule has 1 fully saturated rings. The first-order valence-electron chi connectivity index (χ1n) is 11.1. The molecule has 1 atom stereocenters. The zero-order valence-electron chi connectivity index (χ0n) is 19.4. The maximum atomic E-state index is 5.72. The van der Waals surface area contributed by atoms with Crippen LogP contribution in [0.2, 0.25) is 0 Å². The Hall–Kier alpha value is -2.97. The third-order valence-corrected chi connectivity index (χ3v) is 6.34. The number of anilines is 1. The first kappa shape index (κ1) is 22.2. The number of hydrogen-bond acceptors (Lipinski definition) is 7. The van der Waals surface area contributed by atoms with E-state index in [0.717, 1.165) is 43.3 Å². The second kappa shape index (κ2) is 10.1. The molecule has 8 heteroatoms. The smallest absolute Gasteiger partial charge is 0.173 e. The van der Waals surface area contributed by atoms with Gasteiger partial charge in [-0.05, 0) is 47.5 Å². The Labute approximate surface area is 189 Å². The molecule has 32 heavy (non-hydrogen) atoms. The number of piperazine rings is 1. The van der Waals surface area contributed by atoms with E-state index in [-0.39, 0.29) is 6.04 Å². The van der Waals surface area contributed by atoms with Crippen molar-refractivity contribution in [3.63, 3.8) is 0 Å². The van der Waals surface area contributed by atoms with Gasteiger partial charge in [-0.15, -0.1) is 5.10 Å². The number of para-hydroxylation sites is 1. The lowest BCUT2D eigenvalue weighted by Gasteiger charge is -2.40. The van der Waals surface area contributed by atoms with Crippen LogP contribution in [0.25, 0.3) is 0 Å². The summed E-state index contributed by atoms with van der Waals surface area (Å²) in [5.74, 6) is 1.66. The fourth-order valence-electron chi connectivity index (χ4n) is 4.44. The highest BCUT2D eigenvalue weighted by molar-refractivity contribution is 5.56. The number of ether oxygens (including phenoxy) is 2. The molecule has 1 saturated heterocycles. The van der Waals surface area contributed by atoms with Crippen LogP contribution in [0.15, 0.2) is 42.5 Å². The van der Waals surface area contributed by atoms with E-state index in [4.69, 9.17) is 9.47 Å². The second-order valence-electron chi connectivity index (χ2n) is 8.14. The standard InChI is InChI=1S/C24H32N6O2/c1-18-8-7-10-21(19(18)2)28-12-14-29(15-13-28)23(20-9-5-6-11-22(20)32-4)24-25-26-27-30(24)16-17-31-3/h5-11,23H,12-17H2,1-4H3/t23-/m1/s1. The first-order valence-corrected chi connectivity index (χ1v) is 11.1. The molecule has 0 saturated carbocycles. The Balaban J connectivity index is 1.63. The summed E-state index contributed by atoms with van der Waals surface area (Å²) in [5, 5.41) is 12.7. The Morgan fingerprint density at radius 3 is 2.50 bits per heavy atom. The largest absolute Gasteiger partial charge is 0.496 e. The van der Waals surface area contributed by atoms with E-state index in [1.165, 1.54) is 16.8 Å². The van der Waals surface area contributed by atoms with Gasteiger partial charge in [0.2, 0.25) is 0 Å². The quantitative estimate of drug-likeness (QED) is 0.538. The molecular weight excluding hydrogens is 404 g/mol. The van der Waals surface area contributed by atoms with Gasteiger partial charge in [-0.1, -0.05) is 30.3 Å². The van der Waals surface area contributed by atoms with Crippen LogP contribution in [0.4, 0.5) is 5.69 Å². The summed E-state index contributed by atoms with van der Waals surface area (Å²) in [6.07, 6.45) is 0. The summed E-state index contributed by atoms with van der Waals surface area (Å²) in [6, 6.07) is 14.6. The van der Waals surface area contributed by atoms with E-state index in [1.807, 2.05) is 22.9 Å². The van der Waals surface area contributed by atoms with Crippen LogP contribution in [-0.2, 0) is 11.3 Å². The van der Waals surface area contributed by atoms with Crippen LogP contribution in [-0.4, -0.2) is 72.1 Å². The molecule has 0 radical (unpaired) electrons. The molecule has 0 unspecified atom stereocenters. The van der Waals surface area contributed by atoms with E-state index < -0.39 is 0 Å². The summed E-state index contributed by atoms with van der Waals surface area (Å²) >= 11 is 0. The number of methoxy groups -OCH3 is 2. The molecule has 0 bridgehead atoms. The third-order valence-electron chi connectivity index (χ3n) is 6.34. The van der Waals surface area contributed by atoms with Gasteiger partial charge in [0.1, 0.15) is 11.8 Å². The Kier molecular flexibility index (Phi) is 7.02. The summed E-state index contributed by atoms with van der Waals surface area (Å²) < 4.78 is 12.8. The molecule has 0 N–H and O–H groups in total. The number of nitrogens with zero attached hydrogens (tertiary/aromatic N) is 6. The highest BCUT2D eigenvalue weighted by Gasteiger charge is 2.32. The van der Waals surface area contributed by atoms with E-state index >= 15 is 0 Å². The molecule has 0 aliphatic carbocycles. The van der Waals surface area contributed by atoms with Crippen LogP contribution < -0.4 is 9.64 Å². The highest BCUT2D eigenvalue weighted by Crippen LogP contribution is 2.35. The van der Waals surface area contributed by atoms with Gasteiger partial charge >= 0.3 is 0 Å². The van der Waals surface area contributed by atoms with Crippen LogP contribution >= 0.6 is 0 Å². The normalized spacial score (nSPS) is 15.7. The van der Waals surface area contributed by atoms with Crippen molar-refractivity contribution in [2.24, 2.45) is 0 Å². The number of tetrazole rings is 1. The van der Waals surface area contributed by atoms with Gasteiger partial charge in [-0.2, -0.15) is 0 Å². The molecule has 170 valence electrons. The number of aryl methyl sites for hydroxylation is 1. The average Bonchev–Trinajstić information content (AvgIpc) is 3.28. The minimum absolute atomic E-state index is 0.0984. The molecule has 8 nitrogen and oxygen atoms in total. The minimum atomic E-state index is -0.0984. The SMILES string of the molecule is COCCn1nnnc1[C@@H](c1ccccc1OC)N1CCN(c2cccc(C)c2C)CC1. The Morgan fingerprint density at radius 1 is 0.969 bits per heavy atom.